The van der Waals surface area contributed by atoms with Crippen LogP contribution in [-0.2, 0) is 0 Å². The summed E-state index contributed by atoms with van der Waals surface area (Å²) in [6, 6.07) is 29.9. The molecule has 5 aromatic carbocycles. The summed E-state index contributed by atoms with van der Waals surface area (Å²) in [5, 5.41) is 4.54. The summed E-state index contributed by atoms with van der Waals surface area (Å²) < 4.78 is 15.5. The molecule has 8 aromatic rings. The average Bonchev–Trinajstić information content (AvgIpc) is 3.67. The van der Waals surface area contributed by atoms with Gasteiger partial charge in [0.1, 0.15) is 28.7 Å². The lowest BCUT2D eigenvalue weighted by atomic mass is 9.37. The summed E-state index contributed by atoms with van der Waals surface area (Å²) in [4.78, 5) is 4.76. The third-order valence-electron chi connectivity index (χ3n) is 8.29. The monoisotopic (exact) mass is 458 g/mol. The molecule has 0 amide bonds. The Balaban J connectivity index is 1.50. The van der Waals surface area contributed by atoms with Crippen LogP contribution in [0.15, 0.2) is 100 Å². The number of rotatable bonds is 0. The van der Waals surface area contributed by atoms with Gasteiger partial charge in [-0.1, -0.05) is 66.1 Å². The van der Waals surface area contributed by atoms with Crippen LogP contribution >= 0.6 is 0 Å². The van der Waals surface area contributed by atoms with Gasteiger partial charge in [-0.3, -0.25) is 4.57 Å². The zero-order chi connectivity index (χ0) is 23.1. The second kappa shape index (κ2) is 5.72. The van der Waals surface area contributed by atoms with E-state index in [4.69, 9.17) is 13.8 Å². The number of fused-ring (bicyclic) bond motifs is 13. The highest BCUT2D eigenvalue weighted by molar-refractivity contribution is 7.01. The third-order valence-corrected chi connectivity index (χ3v) is 8.29. The van der Waals surface area contributed by atoms with Gasteiger partial charge in [-0.25, -0.2) is 4.98 Å². The minimum Gasteiger partial charge on any atom is -0.455 e. The van der Waals surface area contributed by atoms with Crippen molar-refractivity contribution in [2.24, 2.45) is 0 Å². The van der Waals surface area contributed by atoms with Gasteiger partial charge in [0.2, 0.25) is 6.71 Å². The standard InChI is InChI=1S/C31H15BN2O2/c1-3-10-24-16(6-1)18-12-13-20-26(30(18)35-24)27-28-23(14-19-17-7-2-4-11-25(17)36-31(19)27)34-15-33-22-9-5-8-21(29(22)34)32(20)28/h1-15H. The summed E-state index contributed by atoms with van der Waals surface area (Å²) in [5.41, 5.74) is 13.2. The molecule has 3 aromatic heterocycles. The third kappa shape index (κ3) is 1.82. The Labute approximate surface area is 204 Å². The molecule has 0 spiro atoms. The van der Waals surface area contributed by atoms with E-state index in [1.54, 1.807) is 0 Å². The minimum absolute atomic E-state index is 0.105. The largest absolute Gasteiger partial charge is 0.455 e. The van der Waals surface area contributed by atoms with Gasteiger partial charge in [-0.2, -0.15) is 0 Å². The fourth-order valence-electron chi connectivity index (χ4n) is 6.89. The molecule has 0 unspecified atom stereocenters. The molecular formula is C31H15BN2O2. The molecule has 2 aliphatic heterocycles. The van der Waals surface area contributed by atoms with Gasteiger partial charge >= 0.3 is 0 Å². The van der Waals surface area contributed by atoms with Gasteiger partial charge in [0.05, 0.1) is 11.0 Å². The van der Waals surface area contributed by atoms with Crippen LogP contribution in [0.4, 0.5) is 0 Å². The highest BCUT2D eigenvalue weighted by Gasteiger charge is 2.44. The van der Waals surface area contributed by atoms with Crippen molar-refractivity contribution in [3.8, 4) is 16.8 Å². The summed E-state index contributed by atoms with van der Waals surface area (Å²) in [5.74, 6) is 0. The van der Waals surface area contributed by atoms with E-state index in [1.165, 1.54) is 27.6 Å². The number of furan rings is 2. The van der Waals surface area contributed by atoms with Crippen molar-refractivity contribution in [1.82, 2.24) is 9.55 Å². The van der Waals surface area contributed by atoms with E-state index in [2.05, 4.69) is 77.4 Å². The molecule has 0 radical (unpaired) electrons. The predicted molar refractivity (Wildman–Crippen MR) is 146 cm³/mol. The Kier molecular flexibility index (Phi) is 2.80. The van der Waals surface area contributed by atoms with Gasteiger partial charge in [0.25, 0.3) is 0 Å². The lowest BCUT2D eigenvalue weighted by Gasteiger charge is -2.23. The van der Waals surface area contributed by atoms with Gasteiger partial charge < -0.3 is 8.83 Å². The first kappa shape index (κ1) is 17.6. The SMILES string of the molecule is c1cc2c3c(c1)ncn3-c1cc3c(oc4ccccc43)c3c1B2c1ccc2c(oc4ccccc42)c1-3. The van der Waals surface area contributed by atoms with Crippen molar-refractivity contribution in [2.75, 3.05) is 0 Å². The zero-order valence-corrected chi connectivity index (χ0v) is 18.9. The Morgan fingerprint density at radius 1 is 0.639 bits per heavy atom. The summed E-state index contributed by atoms with van der Waals surface area (Å²) in [6.07, 6.45) is 1.97. The first-order chi connectivity index (χ1) is 17.9. The molecular weight excluding hydrogens is 443 g/mol. The number of benzene rings is 5. The maximum absolute atomic E-state index is 6.62. The molecule has 164 valence electrons. The maximum atomic E-state index is 6.62. The van der Waals surface area contributed by atoms with E-state index in [0.29, 0.717) is 0 Å². The summed E-state index contributed by atoms with van der Waals surface area (Å²) in [7, 11) is 0. The van der Waals surface area contributed by atoms with Crippen LogP contribution in [0, 0.1) is 0 Å². The molecule has 0 N–H and O–H groups in total. The fourth-order valence-corrected chi connectivity index (χ4v) is 6.89. The molecule has 0 saturated carbocycles. The topological polar surface area (TPSA) is 44.1 Å². The average molecular weight is 458 g/mol. The Hall–Kier alpha value is -4.77. The van der Waals surface area contributed by atoms with E-state index in [0.717, 1.165) is 60.5 Å². The summed E-state index contributed by atoms with van der Waals surface area (Å²) >= 11 is 0. The van der Waals surface area contributed by atoms with Crippen LogP contribution in [0.1, 0.15) is 0 Å². The number of nitrogens with zero attached hydrogens (tertiary/aromatic N) is 2. The number of hydrogen-bond acceptors (Lipinski definition) is 3. The van der Waals surface area contributed by atoms with Crippen LogP contribution in [0.25, 0.3) is 71.7 Å². The zero-order valence-electron chi connectivity index (χ0n) is 18.9. The first-order valence-electron chi connectivity index (χ1n) is 12.3. The lowest BCUT2D eigenvalue weighted by molar-refractivity contribution is 0.665. The normalized spacial score (nSPS) is 13.5. The molecule has 10 rings (SSSR count). The molecule has 5 heteroatoms. The van der Waals surface area contributed by atoms with Crippen LogP contribution in [-0.4, -0.2) is 16.3 Å². The van der Waals surface area contributed by atoms with Crippen molar-refractivity contribution in [1.29, 1.82) is 0 Å². The molecule has 0 saturated heterocycles. The van der Waals surface area contributed by atoms with Crippen LogP contribution in [0.2, 0.25) is 0 Å². The Morgan fingerprint density at radius 2 is 1.39 bits per heavy atom. The molecule has 4 nitrogen and oxygen atoms in total. The molecule has 0 bridgehead atoms. The van der Waals surface area contributed by atoms with Crippen molar-refractivity contribution in [3.63, 3.8) is 0 Å². The van der Waals surface area contributed by atoms with Crippen molar-refractivity contribution < 1.29 is 8.83 Å². The quantitative estimate of drug-likeness (QED) is 0.277. The second-order valence-electron chi connectivity index (χ2n) is 9.93. The van der Waals surface area contributed by atoms with E-state index >= 15 is 0 Å². The van der Waals surface area contributed by atoms with Gasteiger partial charge in [0, 0.05) is 38.4 Å². The van der Waals surface area contributed by atoms with Crippen molar-refractivity contribution in [3.05, 3.63) is 91.3 Å². The lowest BCUT2D eigenvalue weighted by Crippen LogP contribution is -2.53. The number of imidazole rings is 1. The number of para-hydroxylation sites is 3. The van der Waals surface area contributed by atoms with E-state index in [1.807, 2.05) is 18.5 Å². The molecule has 2 aliphatic rings. The maximum Gasteiger partial charge on any atom is 0.248 e. The second-order valence-corrected chi connectivity index (χ2v) is 9.93. The fraction of sp³-hybridized carbons (Fsp3) is 0. The predicted octanol–water partition coefficient (Wildman–Crippen LogP) is 5.63. The molecule has 0 atom stereocenters. The Bertz CT molecular complexity index is 2280. The highest BCUT2D eigenvalue weighted by Crippen LogP contribution is 2.44. The molecule has 5 heterocycles. The first-order valence-corrected chi connectivity index (χ1v) is 12.3. The van der Waals surface area contributed by atoms with Crippen molar-refractivity contribution >= 4 is 78.0 Å². The number of hydrogen-bond donors (Lipinski definition) is 0. The molecule has 0 aliphatic carbocycles. The minimum atomic E-state index is 0.105. The summed E-state index contributed by atoms with van der Waals surface area (Å²) in [6.45, 7) is 0.105. The van der Waals surface area contributed by atoms with Gasteiger partial charge in [-0.15, -0.1) is 0 Å². The van der Waals surface area contributed by atoms with E-state index < -0.39 is 0 Å². The van der Waals surface area contributed by atoms with Crippen LogP contribution in [0.3, 0.4) is 0 Å². The Morgan fingerprint density at radius 3 is 2.22 bits per heavy atom. The highest BCUT2D eigenvalue weighted by atomic mass is 16.3. The van der Waals surface area contributed by atoms with Crippen LogP contribution < -0.4 is 16.4 Å². The number of aromatic nitrogens is 2. The molecule has 36 heavy (non-hydrogen) atoms. The van der Waals surface area contributed by atoms with E-state index in [9.17, 15) is 0 Å². The van der Waals surface area contributed by atoms with Crippen molar-refractivity contribution in [2.45, 2.75) is 0 Å². The van der Waals surface area contributed by atoms with Gasteiger partial charge in [0.15, 0.2) is 0 Å². The smallest absolute Gasteiger partial charge is 0.248 e. The molecule has 0 fully saturated rings. The van der Waals surface area contributed by atoms with Crippen LogP contribution in [0.5, 0.6) is 0 Å². The van der Waals surface area contributed by atoms with Gasteiger partial charge in [-0.05, 0) is 35.2 Å². The van der Waals surface area contributed by atoms with E-state index in [-0.39, 0.29) is 6.71 Å².